The van der Waals surface area contributed by atoms with Crippen molar-refractivity contribution in [2.24, 2.45) is 0 Å². The maximum atomic E-state index is 11.8. The number of carbonyl (C=O) groups is 1. The minimum atomic E-state index is -0.699. The molecule has 1 aliphatic rings. The molecule has 19 heavy (non-hydrogen) atoms. The van der Waals surface area contributed by atoms with Crippen LogP contribution in [0.4, 0.5) is 0 Å². The zero-order valence-corrected chi connectivity index (χ0v) is 10.6. The Morgan fingerprint density at radius 2 is 1.47 bits per heavy atom. The molecule has 0 saturated carbocycles. The standard InChI is InChI=1S/C16H14O3/c1-18-15(17)14-16(19-14,12-8-4-2-5-9-12)13-10-6-3-7-11-13/h2-11,14H,1H3/t14-/m0/s1. The topological polar surface area (TPSA) is 38.8 Å². The highest BCUT2D eigenvalue weighted by atomic mass is 16.7. The van der Waals surface area contributed by atoms with E-state index in [1.54, 1.807) is 0 Å². The average molecular weight is 254 g/mol. The van der Waals surface area contributed by atoms with Crippen LogP contribution in [-0.2, 0) is 19.9 Å². The third kappa shape index (κ3) is 1.83. The van der Waals surface area contributed by atoms with Gasteiger partial charge in [0.15, 0.2) is 11.7 Å². The van der Waals surface area contributed by atoms with Crippen LogP contribution in [-0.4, -0.2) is 19.2 Å². The van der Waals surface area contributed by atoms with Gasteiger partial charge in [-0.3, -0.25) is 0 Å². The van der Waals surface area contributed by atoms with Crippen molar-refractivity contribution >= 4 is 5.97 Å². The van der Waals surface area contributed by atoms with Crippen LogP contribution in [0.1, 0.15) is 11.1 Å². The predicted octanol–water partition coefficient (Wildman–Crippen LogP) is 2.50. The van der Waals surface area contributed by atoms with Crippen LogP contribution in [0.2, 0.25) is 0 Å². The Morgan fingerprint density at radius 3 is 1.89 bits per heavy atom. The van der Waals surface area contributed by atoms with E-state index in [0.717, 1.165) is 11.1 Å². The molecule has 3 nitrogen and oxygen atoms in total. The minimum Gasteiger partial charge on any atom is -0.467 e. The summed E-state index contributed by atoms with van der Waals surface area (Å²) < 4.78 is 10.6. The molecule has 1 saturated heterocycles. The van der Waals surface area contributed by atoms with Gasteiger partial charge in [0.1, 0.15) is 0 Å². The molecular formula is C16H14O3. The molecule has 1 aliphatic heterocycles. The molecule has 0 amide bonds. The summed E-state index contributed by atoms with van der Waals surface area (Å²) in [6.07, 6.45) is -0.567. The van der Waals surface area contributed by atoms with Crippen LogP contribution in [0.5, 0.6) is 0 Å². The van der Waals surface area contributed by atoms with E-state index in [4.69, 9.17) is 9.47 Å². The summed E-state index contributed by atoms with van der Waals surface area (Å²) in [5.41, 5.74) is 1.24. The first kappa shape index (κ1) is 11.9. The van der Waals surface area contributed by atoms with E-state index >= 15 is 0 Å². The number of ether oxygens (including phenoxy) is 2. The van der Waals surface area contributed by atoms with Gasteiger partial charge in [0, 0.05) is 0 Å². The van der Waals surface area contributed by atoms with E-state index in [0.29, 0.717) is 0 Å². The van der Waals surface area contributed by atoms with Gasteiger partial charge in [0.2, 0.25) is 0 Å². The van der Waals surface area contributed by atoms with Crippen LogP contribution in [0.3, 0.4) is 0 Å². The van der Waals surface area contributed by atoms with E-state index in [1.807, 2.05) is 60.7 Å². The molecule has 0 unspecified atom stereocenters. The van der Waals surface area contributed by atoms with Crippen molar-refractivity contribution in [1.29, 1.82) is 0 Å². The van der Waals surface area contributed by atoms with E-state index in [2.05, 4.69) is 0 Å². The van der Waals surface area contributed by atoms with Crippen LogP contribution in [0.15, 0.2) is 60.7 Å². The van der Waals surface area contributed by atoms with Crippen LogP contribution in [0.25, 0.3) is 0 Å². The molecule has 0 aromatic heterocycles. The summed E-state index contributed by atoms with van der Waals surface area (Å²) in [4.78, 5) is 11.8. The van der Waals surface area contributed by atoms with Crippen molar-refractivity contribution in [3.05, 3.63) is 71.8 Å². The van der Waals surface area contributed by atoms with E-state index in [-0.39, 0.29) is 5.97 Å². The lowest BCUT2D eigenvalue weighted by molar-refractivity contribution is -0.142. The Labute approximate surface area is 111 Å². The Kier molecular flexibility index (Phi) is 2.84. The Bertz CT molecular complexity index is 538. The summed E-state index contributed by atoms with van der Waals surface area (Å²) in [6, 6.07) is 19.5. The summed E-state index contributed by atoms with van der Waals surface area (Å²) >= 11 is 0. The Morgan fingerprint density at radius 1 is 1.00 bits per heavy atom. The van der Waals surface area contributed by atoms with Gasteiger partial charge >= 0.3 is 5.97 Å². The lowest BCUT2D eigenvalue weighted by atomic mass is 9.88. The molecule has 0 spiro atoms. The van der Waals surface area contributed by atoms with Crippen molar-refractivity contribution < 1.29 is 14.3 Å². The Hall–Kier alpha value is -2.13. The van der Waals surface area contributed by atoms with Crippen molar-refractivity contribution in [3.8, 4) is 0 Å². The van der Waals surface area contributed by atoms with Gasteiger partial charge in [-0.15, -0.1) is 0 Å². The minimum absolute atomic E-state index is 0.340. The molecule has 2 aromatic rings. The number of hydrogen-bond acceptors (Lipinski definition) is 3. The normalized spacial score (nSPS) is 19.7. The molecule has 1 heterocycles. The number of rotatable bonds is 3. The molecule has 96 valence electrons. The lowest BCUT2D eigenvalue weighted by Gasteiger charge is -2.13. The quantitative estimate of drug-likeness (QED) is 0.624. The van der Waals surface area contributed by atoms with Crippen molar-refractivity contribution in [2.75, 3.05) is 7.11 Å². The highest BCUT2D eigenvalue weighted by Gasteiger charge is 2.63. The highest BCUT2D eigenvalue weighted by Crippen LogP contribution is 2.51. The van der Waals surface area contributed by atoms with Gasteiger partial charge in [-0.25, -0.2) is 4.79 Å². The monoisotopic (exact) mass is 254 g/mol. The van der Waals surface area contributed by atoms with Gasteiger partial charge in [-0.05, 0) is 11.1 Å². The van der Waals surface area contributed by atoms with E-state index in [9.17, 15) is 4.79 Å². The third-order valence-corrected chi connectivity index (χ3v) is 3.44. The largest absolute Gasteiger partial charge is 0.467 e. The maximum absolute atomic E-state index is 11.8. The SMILES string of the molecule is COC(=O)[C@@H]1OC1(c1ccccc1)c1ccccc1. The highest BCUT2D eigenvalue weighted by molar-refractivity contribution is 5.81. The molecular weight excluding hydrogens is 240 g/mol. The lowest BCUT2D eigenvalue weighted by Crippen LogP contribution is -2.21. The molecule has 0 radical (unpaired) electrons. The van der Waals surface area contributed by atoms with Gasteiger partial charge in [-0.2, -0.15) is 0 Å². The summed E-state index contributed by atoms with van der Waals surface area (Å²) in [7, 11) is 1.38. The predicted molar refractivity (Wildman–Crippen MR) is 70.6 cm³/mol. The van der Waals surface area contributed by atoms with Crippen LogP contribution >= 0.6 is 0 Å². The zero-order valence-electron chi connectivity index (χ0n) is 10.6. The number of methoxy groups -OCH3 is 1. The molecule has 0 N–H and O–H groups in total. The molecule has 3 rings (SSSR count). The second-order valence-corrected chi connectivity index (χ2v) is 4.49. The fourth-order valence-corrected chi connectivity index (χ4v) is 2.45. The van der Waals surface area contributed by atoms with Gasteiger partial charge < -0.3 is 9.47 Å². The molecule has 0 aliphatic carbocycles. The first-order valence-corrected chi connectivity index (χ1v) is 6.16. The number of epoxide rings is 1. The third-order valence-electron chi connectivity index (χ3n) is 3.44. The van der Waals surface area contributed by atoms with Gasteiger partial charge in [-0.1, -0.05) is 60.7 Å². The summed E-state index contributed by atoms with van der Waals surface area (Å²) in [6.45, 7) is 0. The number of esters is 1. The molecule has 2 aromatic carbocycles. The fraction of sp³-hybridized carbons (Fsp3) is 0.188. The van der Waals surface area contributed by atoms with Crippen LogP contribution in [0, 0.1) is 0 Å². The zero-order chi connectivity index (χ0) is 13.3. The number of hydrogen-bond donors (Lipinski definition) is 0. The van der Waals surface area contributed by atoms with E-state index in [1.165, 1.54) is 7.11 Å². The number of carbonyl (C=O) groups excluding carboxylic acids is 1. The number of benzene rings is 2. The van der Waals surface area contributed by atoms with Crippen molar-refractivity contribution in [3.63, 3.8) is 0 Å². The maximum Gasteiger partial charge on any atom is 0.338 e. The van der Waals surface area contributed by atoms with Crippen molar-refractivity contribution in [1.82, 2.24) is 0 Å². The average Bonchev–Trinajstić information content (AvgIpc) is 3.25. The summed E-state index contributed by atoms with van der Waals surface area (Å²) in [5.74, 6) is -0.340. The molecule has 1 fully saturated rings. The summed E-state index contributed by atoms with van der Waals surface area (Å²) in [5, 5.41) is 0. The first-order chi connectivity index (χ1) is 9.29. The Balaban J connectivity index is 2.07. The van der Waals surface area contributed by atoms with Gasteiger partial charge in [0.05, 0.1) is 7.11 Å². The molecule has 1 atom stereocenters. The van der Waals surface area contributed by atoms with Crippen molar-refractivity contribution in [2.45, 2.75) is 11.7 Å². The first-order valence-electron chi connectivity index (χ1n) is 6.16. The second-order valence-electron chi connectivity index (χ2n) is 4.49. The molecule has 3 heteroatoms. The second kappa shape index (κ2) is 4.52. The smallest absolute Gasteiger partial charge is 0.338 e. The van der Waals surface area contributed by atoms with Gasteiger partial charge in [0.25, 0.3) is 0 Å². The fourth-order valence-electron chi connectivity index (χ4n) is 2.45. The molecule has 0 bridgehead atoms. The van der Waals surface area contributed by atoms with Crippen LogP contribution < -0.4 is 0 Å². The van der Waals surface area contributed by atoms with E-state index < -0.39 is 11.7 Å².